The Balaban J connectivity index is 1.74. The number of halogens is 1. The largest absolute Gasteiger partial charge is 0.376 e. The van der Waals surface area contributed by atoms with Crippen LogP contribution in [-0.4, -0.2) is 34.4 Å². The third kappa shape index (κ3) is 3.56. The van der Waals surface area contributed by atoms with Gasteiger partial charge in [0.05, 0.1) is 17.6 Å². The number of thioether (sulfide) groups is 1. The average Bonchev–Trinajstić information content (AvgIpc) is 3.06. The Labute approximate surface area is 141 Å². The standard InChI is InChI=1S/C15H14BrNO2S2/c16-11-5-3-10(4-6-11)8-13-14(18)17(15(20)21-13)9-12-2-1-7-19-12/h3-6,8,12H,1-2,7,9H2/b13-8-. The average molecular weight is 384 g/mol. The van der Waals surface area contributed by atoms with E-state index in [0.29, 0.717) is 15.8 Å². The molecule has 2 fully saturated rings. The van der Waals surface area contributed by atoms with E-state index in [4.69, 9.17) is 17.0 Å². The molecule has 1 unspecified atom stereocenters. The summed E-state index contributed by atoms with van der Waals surface area (Å²) in [6.07, 6.45) is 4.08. The highest BCUT2D eigenvalue weighted by molar-refractivity contribution is 9.10. The summed E-state index contributed by atoms with van der Waals surface area (Å²) < 4.78 is 7.23. The molecular formula is C15H14BrNO2S2. The molecule has 0 spiro atoms. The molecule has 1 aromatic carbocycles. The van der Waals surface area contributed by atoms with Gasteiger partial charge in [-0.05, 0) is 36.6 Å². The van der Waals surface area contributed by atoms with Gasteiger partial charge in [-0.15, -0.1) is 0 Å². The van der Waals surface area contributed by atoms with Crippen molar-refractivity contribution in [3.8, 4) is 0 Å². The van der Waals surface area contributed by atoms with Gasteiger partial charge in [0.15, 0.2) is 0 Å². The van der Waals surface area contributed by atoms with Crippen molar-refractivity contribution >= 4 is 56.2 Å². The van der Waals surface area contributed by atoms with E-state index in [9.17, 15) is 4.79 Å². The summed E-state index contributed by atoms with van der Waals surface area (Å²) in [6.45, 7) is 1.36. The van der Waals surface area contributed by atoms with Crippen LogP contribution < -0.4 is 0 Å². The summed E-state index contributed by atoms with van der Waals surface area (Å²) in [4.78, 5) is 14.8. The Morgan fingerprint density at radius 3 is 2.86 bits per heavy atom. The van der Waals surface area contributed by atoms with E-state index < -0.39 is 0 Å². The van der Waals surface area contributed by atoms with Gasteiger partial charge in [0.25, 0.3) is 5.91 Å². The second-order valence-electron chi connectivity index (χ2n) is 4.98. The minimum Gasteiger partial charge on any atom is -0.376 e. The maximum atomic E-state index is 12.5. The van der Waals surface area contributed by atoms with E-state index in [2.05, 4.69) is 15.9 Å². The Morgan fingerprint density at radius 2 is 2.19 bits per heavy atom. The summed E-state index contributed by atoms with van der Waals surface area (Å²) in [5, 5.41) is 0. The molecule has 1 atom stereocenters. The van der Waals surface area contributed by atoms with E-state index in [0.717, 1.165) is 29.5 Å². The molecule has 3 nitrogen and oxygen atoms in total. The summed E-state index contributed by atoms with van der Waals surface area (Å²) >= 11 is 10.1. The molecular weight excluding hydrogens is 370 g/mol. The van der Waals surface area contributed by atoms with E-state index in [1.54, 1.807) is 4.90 Å². The molecule has 110 valence electrons. The van der Waals surface area contributed by atoms with Crippen LogP contribution in [0, 0.1) is 0 Å². The number of amides is 1. The first kappa shape index (κ1) is 15.2. The van der Waals surface area contributed by atoms with Gasteiger partial charge in [-0.2, -0.15) is 0 Å². The monoisotopic (exact) mass is 383 g/mol. The Bertz CT molecular complexity index is 594. The van der Waals surface area contributed by atoms with Crippen molar-refractivity contribution in [3.05, 3.63) is 39.2 Å². The Kier molecular flexibility index (Phi) is 4.78. The zero-order valence-electron chi connectivity index (χ0n) is 11.3. The van der Waals surface area contributed by atoms with Crippen LogP contribution in [0.5, 0.6) is 0 Å². The first-order valence-corrected chi connectivity index (χ1v) is 8.78. The third-order valence-corrected chi connectivity index (χ3v) is 5.36. The Hall–Kier alpha value is -0.690. The van der Waals surface area contributed by atoms with Crippen molar-refractivity contribution in [1.29, 1.82) is 0 Å². The molecule has 0 N–H and O–H groups in total. The van der Waals surface area contributed by atoms with Crippen LogP contribution in [0.15, 0.2) is 33.6 Å². The summed E-state index contributed by atoms with van der Waals surface area (Å²) in [5.41, 5.74) is 0.996. The predicted molar refractivity (Wildman–Crippen MR) is 93.0 cm³/mol. The fourth-order valence-corrected chi connectivity index (χ4v) is 3.90. The molecule has 0 radical (unpaired) electrons. The molecule has 2 saturated heterocycles. The normalized spacial score (nSPS) is 24.3. The highest BCUT2D eigenvalue weighted by Gasteiger charge is 2.34. The number of ether oxygens (including phenoxy) is 1. The van der Waals surface area contributed by atoms with Gasteiger partial charge < -0.3 is 4.74 Å². The smallest absolute Gasteiger partial charge is 0.266 e. The highest BCUT2D eigenvalue weighted by Crippen LogP contribution is 2.33. The first-order chi connectivity index (χ1) is 10.1. The molecule has 2 aliphatic rings. The zero-order chi connectivity index (χ0) is 14.8. The number of rotatable bonds is 3. The lowest BCUT2D eigenvalue weighted by Crippen LogP contribution is -2.35. The number of carbonyl (C=O) groups excluding carboxylic acids is 1. The first-order valence-electron chi connectivity index (χ1n) is 6.76. The van der Waals surface area contributed by atoms with Crippen molar-refractivity contribution in [3.63, 3.8) is 0 Å². The number of hydrogen-bond acceptors (Lipinski definition) is 4. The lowest BCUT2D eigenvalue weighted by atomic mass is 10.2. The quantitative estimate of drug-likeness (QED) is 0.585. The molecule has 1 aromatic rings. The number of thiocarbonyl (C=S) groups is 1. The molecule has 2 aliphatic heterocycles. The van der Waals surface area contributed by atoms with E-state index in [1.807, 2.05) is 30.3 Å². The molecule has 0 saturated carbocycles. The SMILES string of the molecule is O=C1/C(=C/c2ccc(Br)cc2)SC(=S)N1CC1CCCO1. The molecule has 21 heavy (non-hydrogen) atoms. The van der Waals surface area contributed by atoms with E-state index in [-0.39, 0.29) is 12.0 Å². The van der Waals surface area contributed by atoms with Gasteiger partial charge in [-0.1, -0.05) is 52.0 Å². The van der Waals surface area contributed by atoms with Crippen LogP contribution in [0.3, 0.4) is 0 Å². The van der Waals surface area contributed by atoms with E-state index >= 15 is 0 Å². The Morgan fingerprint density at radius 1 is 1.43 bits per heavy atom. The fourth-order valence-electron chi connectivity index (χ4n) is 2.36. The summed E-state index contributed by atoms with van der Waals surface area (Å²) in [6, 6.07) is 7.85. The van der Waals surface area contributed by atoms with Crippen LogP contribution in [-0.2, 0) is 9.53 Å². The zero-order valence-corrected chi connectivity index (χ0v) is 14.5. The number of benzene rings is 1. The van der Waals surface area contributed by atoms with Crippen molar-refractivity contribution in [1.82, 2.24) is 4.90 Å². The van der Waals surface area contributed by atoms with Crippen LogP contribution >= 0.6 is 39.9 Å². The molecule has 2 heterocycles. The minimum absolute atomic E-state index is 0.0107. The number of nitrogens with zero attached hydrogens (tertiary/aromatic N) is 1. The molecule has 0 aliphatic carbocycles. The maximum absolute atomic E-state index is 12.5. The number of carbonyl (C=O) groups is 1. The van der Waals surface area contributed by atoms with E-state index in [1.165, 1.54) is 11.8 Å². The van der Waals surface area contributed by atoms with Crippen LogP contribution in [0.2, 0.25) is 0 Å². The highest BCUT2D eigenvalue weighted by atomic mass is 79.9. The maximum Gasteiger partial charge on any atom is 0.266 e. The van der Waals surface area contributed by atoms with Gasteiger partial charge in [0.1, 0.15) is 4.32 Å². The van der Waals surface area contributed by atoms with Crippen molar-refractivity contribution in [2.24, 2.45) is 0 Å². The van der Waals surface area contributed by atoms with Gasteiger partial charge >= 0.3 is 0 Å². The second-order valence-corrected chi connectivity index (χ2v) is 7.57. The summed E-state index contributed by atoms with van der Waals surface area (Å²) in [7, 11) is 0. The third-order valence-electron chi connectivity index (χ3n) is 3.45. The lowest BCUT2D eigenvalue weighted by Gasteiger charge is -2.18. The summed E-state index contributed by atoms with van der Waals surface area (Å²) in [5.74, 6) is -0.0107. The molecule has 0 bridgehead atoms. The van der Waals surface area contributed by atoms with Gasteiger partial charge in [0, 0.05) is 11.1 Å². The van der Waals surface area contributed by atoms with Crippen LogP contribution in [0.1, 0.15) is 18.4 Å². The van der Waals surface area contributed by atoms with Crippen molar-refractivity contribution in [2.75, 3.05) is 13.2 Å². The molecule has 3 rings (SSSR count). The van der Waals surface area contributed by atoms with Gasteiger partial charge in [-0.3, -0.25) is 9.69 Å². The number of hydrogen-bond donors (Lipinski definition) is 0. The molecule has 1 amide bonds. The molecule has 6 heteroatoms. The second kappa shape index (κ2) is 6.60. The predicted octanol–water partition coefficient (Wildman–Crippen LogP) is 3.83. The van der Waals surface area contributed by atoms with Crippen LogP contribution in [0.25, 0.3) is 6.08 Å². The lowest BCUT2D eigenvalue weighted by molar-refractivity contribution is -0.123. The fraction of sp³-hybridized carbons (Fsp3) is 0.333. The minimum atomic E-state index is -0.0107. The topological polar surface area (TPSA) is 29.5 Å². The van der Waals surface area contributed by atoms with Gasteiger partial charge in [-0.25, -0.2) is 0 Å². The van der Waals surface area contributed by atoms with Gasteiger partial charge in [0.2, 0.25) is 0 Å². The van der Waals surface area contributed by atoms with Crippen molar-refractivity contribution < 1.29 is 9.53 Å². The molecule has 0 aromatic heterocycles. The van der Waals surface area contributed by atoms with Crippen molar-refractivity contribution in [2.45, 2.75) is 18.9 Å². The van der Waals surface area contributed by atoms with Crippen LogP contribution in [0.4, 0.5) is 0 Å².